The maximum absolute atomic E-state index is 13.8. The van der Waals surface area contributed by atoms with Crippen molar-refractivity contribution in [2.24, 2.45) is 17.6 Å². The molecule has 2 N–H and O–H groups in total. The molecule has 1 saturated carbocycles. The van der Waals surface area contributed by atoms with Crippen molar-refractivity contribution in [3.05, 3.63) is 34.6 Å². The highest BCUT2D eigenvalue weighted by molar-refractivity contribution is 6.30. The lowest BCUT2D eigenvalue weighted by Crippen LogP contribution is -2.32. The van der Waals surface area contributed by atoms with Crippen LogP contribution in [0.15, 0.2) is 18.2 Å². The van der Waals surface area contributed by atoms with E-state index in [2.05, 4.69) is 0 Å². The largest absolute Gasteiger partial charge is 0.330 e. The van der Waals surface area contributed by atoms with E-state index >= 15 is 0 Å². The molecule has 1 aliphatic rings. The van der Waals surface area contributed by atoms with E-state index < -0.39 is 5.82 Å². The molecule has 2 rings (SSSR count). The monoisotopic (exact) mass is 269 g/mol. The molecule has 98 valence electrons. The summed E-state index contributed by atoms with van der Waals surface area (Å²) >= 11 is 5.69. The summed E-state index contributed by atoms with van der Waals surface area (Å²) in [6.45, 7) is 0.492. The van der Waals surface area contributed by atoms with Crippen molar-refractivity contribution < 1.29 is 9.18 Å². The molecule has 0 aromatic heterocycles. The van der Waals surface area contributed by atoms with Crippen LogP contribution >= 0.6 is 11.6 Å². The second-order valence-corrected chi connectivity index (χ2v) is 5.31. The van der Waals surface area contributed by atoms with Gasteiger partial charge < -0.3 is 5.73 Å². The molecule has 1 aromatic rings. The summed E-state index contributed by atoms with van der Waals surface area (Å²) < 4.78 is 13.8. The quantitative estimate of drug-likeness (QED) is 0.855. The van der Waals surface area contributed by atoms with Crippen molar-refractivity contribution in [2.45, 2.75) is 25.7 Å². The summed E-state index contributed by atoms with van der Waals surface area (Å²) in [5.41, 5.74) is 5.85. The first-order valence-electron chi connectivity index (χ1n) is 6.33. The zero-order valence-corrected chi connectivity index (χ0v) is 10.9. The van der Waals surface area contributed by atoms with Gasteiger partial charge in [0, 0.05) is 10.9 Å². The second-order valence-electron chi connectivity index (χ2n) is 4.88. The van der Waals surface area contributed by atoms with Gasteiger partial charge in [0.2, 0.25) is 0 Å². The van der Waals surface area contributed by atoms with Crippen LogP contribution in [0.25, 0.3) is 0 Å². The molecule has 0 saturated heterocycles. The number of carbonyl (C=O) groups is 1. The summed E-state index contributed by atoms with van der Waals surface area (Å²) in [5, 5.41) is 0.308. The zero-order chi connectivity index (χ0) is 13.1. The number of hydrogen-bond acceptors (Lipinski definition) is 2. The van der Waals surface area contributed by atoms with E-state index in [9.17, 15) is 9.18 Å². The Labute approximate surface area is 111 Å². The van der Waals surface area contributed by atoms with Crippen molar-refractivity contribution >= 4 is 17.4 Å². The summed E-state index contributed by atoms with van der Waals surface area (Å²) in [6.07, 6.45) is 3.89. The van der Waals surface area contributed by atoms with Crippen molar-refractivity contribution in [1.29, 1.82) is 0 Å². The molecule has 0 bridgehead atoms. The minimum Gasteiger partial charge on any atom is -0.330 e. The van der Waals surface area contributed by atoms with E-state index in [1.807, 2.05) is 0 Å². The molecule has 4 heteroatoms. The first kappa shape index (κ1) is 13.5. The van der Waals surface area contributed by atoms with Gasteiger partial charge in [-0.3, -0.25) is 4.79 Å². The SMILES string of the molecule is NCC1CCCCC1C(=O)c1ccc(Cl)cc1F. The smallest absolute Gasteiger partial charge is 0.169 e. The standard InChI is InChI=1S/C14H17ClFNO/c15-10-5-6-12(13(16)7-10)14(18)11-4-2-1-3-9(11)8-17/h5-7,9,11H,1-4,8,17H2. The highest BCUT2D eigenvalue weighted by Gasteiger charge is 2.31. The van der Waals surface area contributed by atoms with Gasteiger partial charge in [0.1, 0.15) is 5.82 Å². The third-order valence-corrected chi connectivity index (χ3v) is 3.98. The van der Waals surface area contributed by atoms with Gasteiger partial charge in [0.15, 0.2) is 5.78 Å². The van der Waals surface area contributed by atoms with Gasteiger partial charge >= 0.3 is 0 Å². The van der Waals surface area contributed by atoms with Crippen LogP contribution < -0.4 is 5.73 Å². The van der Waals surface area contributed by atoms with Gasteiger partial charge in [-0.15, -0.1) is 0 Å². The van der Waals surface area contributed by atoms with Crippen LogP contribution in [0, 0.1) is 17.7 Å². The van der Waals surface area contributed by atoms with Crippen molar-refractivity contribution in [2.75, 3.05) is 6.54 Å². The average molecular weight is 270 g/mol. The van der Waals surface area contributed by atoms with E-state index in [0.717, 1.165) is 25.7 Å². The Bertz CT molecular complexity index is 449. The molecule has 0 spiro atoms. The normalized spacial score (nSPS) is 23.9. The second kappa shape index (κ2) is 5.81. The fourth-order valence-electron chi connectivity index (χ4n) is 2.72. The molecular formula is C14H17ClFNO. The Morgan fingerprint density at radius 3 is 2.78 bits per heavy atom. The highest BCUT2D eigenvalue weighted by atomic mass is 35.5. The maximum Gasteiger partial charge on any atom is 0.169 e. The van der Waals surface area contributed by atoms with Crippen LogP contribution in [-0.2, 0) is 0 Å². The molecule has 2 atom stereocenters. The predicted octanol–water partition coefficient (Wildman–Crippen LogP) is 3.43. The van der Waals surface area contributed by atoms with Crippen LogP contribution in [0.4, 0.5) is 4.39 Å². The summed E-state index contributed by atoms with van der Waals surface area (Å²) in [6, 6.07) is 4.22. The van der Waals surface area contributed by atoms with E-state index in [1.165, 1.54) is 12.1 Å². The molecule has 1 aromatic carbocycles. The Morgan fingerprint density at radius 1 is 1.39 bits per heavy atom. The van der Waals surface area contributed by atoms with Crippen molar-refractivity contribution in [1.82, 2.24) is 0 Å². The van der Waals surface area contributed by atoms with Gasteiger partial charge in [-0.2, -0.15) is 0 Å². The molecule has 1 aliphatic carbocycles. The Morgan fingerprint density at radius 2 is 2.11 bits per heavy atom. The van der Waals surface area contributed by atoms with Gasteiger partial charge in [0.05, 0.1) is 5.56 Å². The lowest BCUT2D eigenvalue weighted by molar-refractivity contribution is 0.0825. The number of halogens is 2. The van der Waals surface area contributed by atoms with E-state index in [0.29, 0.717) is 11.6 Å². The van der Waals surface area contributed by atoms with Crippen LogP contribution in [0.2, 0.25) is 5.02 Å². The number of ketones is 1. The van der Waals surface area contributed by atoms with Crippen LogP contribution in [0.1, 0.15) is 36.0 Å². The summed E-state index contributed by atoms with van der Waals surface area (Å²) in [7, 11) is 0. The molecule has 0 heterocycles. The van der Waals surface area contributed by atoms with E-state index in [-0.39, 0.29) is 23.2 Å². The predicted molar refractivity (Wildman–Crippen MR) is 70.2 cm³/mol. The molecule has 2 unspecified atom stereocenters. The summed E-state index contributed by atoms with van der Waals surface area (Å²) in [5.74, 6) is -0.617. The molecule has 1 fully saturated rings. The number of rotatable bonds is 3. The Kier molecular flexibility index (Phi) is 4.36. The Hall–Kier alpha value is -0.930. The van der Waals surface area contributed by atoms with Gasteiger partial charge in [-0.05, 0) is 43.5 Å². The average Bonchev–Trinajstić information content (AvgIpc) is 2.38. The third-order valence-electron chi connectivity index (χ3n) is 3.75. The van der Waals surface area contributed by atoms with Crippen molar-refractivity contribution in [3.63, 3.8) is 0 Å². The van der Waals surface area contributed by atoms with Gasteiger partial charge in [-0.1, -0.05) is 24.4 Å². The minimum atomic E-state index is -0.533. The molecule has 2 nitrogen and oxygen atoms in total. The topological polar surface area (TPSA) is 43.1 Å². The first-order chi connectivity index (χ1) is 8.63. The fourth-order valence-corrected chi connectivity index (χ4v) is 2.88. The minimum absolute atomic E-state index is 0.126. The lowest BCUT2D eigenvalue weighted by atomic mass is 9.75. The maximum atomic E-state index is 13.8. The molecule has 0 radical (unpaired) electrons. The van der Waals surface area contributed by atoms with Crippen LogP contribution in [0.5, 0.6) is 0 Å². The number of carbonyl (C=O) groups excluding carboxylic acids is 1. The van der Waals surface area contributed by atoms with Crippen LogP contribution in [-0.4, -0.2) is 12.3 Å². The highest BCUT2D eigenvalue weighted by Crippen LogP contribution is 2.32. The number of nitrogens with two attached hydrogens (primary N) is 1. The number of Topliss-reactive ketones (excluding diaryl/α,β-unsaturated/α-hetero) is 1. The van der Waals surface area contributed by atoms with E-state index in [1.54, 1.807) is 6.07 Å². The van der Waals surface area contributed by atoms with Crippen LogP contribution in [0.3, 0.4) is 0 Å². The molecular weight excluding hydrogens is 253 g/mol. The molecule has 0 amide bonds. The fraction of sp³-hybridized carbons (Fsp3) is 0.500. The first-order valence-corrected chi connectivity index (χ1v) is 6.70. The Balaban J connectivity index is 2.24. The third kappa shape index (κ3) is 2.73. The lowest BCUT2D eigenvalue weighted by Gasteiger charge is -2.29. The van der Waals surface area contributed by atoms with Gasteiger partial charge in [0.25, 0.3) is 0 Å². The molecule has 18 heavy (non-hydrogen) atoms. The summed E-state index contributed by atoms with van der Waals surface area (Å²) in [4.78, 5) is 12.4. The van der Waals surface area contributed by atoms with Crippen molar-refractivity contribution in [3.8, 4) is 0 Å². The molecule has 0 aliphatic heterocycles. The van der Waals surface area contributed by atoms with Gasteiger partial charge in [-0.25, -0.2) is 4.39 Å². The number of hydrogen-bond donors (Lipinski definition) is 1. The number of benzene rings is 1. The van der Waals surface area contributed by atoms with E-state index in [4.69, 9.17) is 17.3 Å². The zero-order valence-electron chi connectivity index (χ0n) is 10.2.